The van der Waals surface area contributed by atoms with Crippen LogP contribution in [-0.2, 0) is 6.42 Å². The summed E-state index contributed by atoms with van der Waals surface area (Å²) in [5.74, 6) is 1.31. The molecule has 0 saturated heterocycles. The molecule has 0 saturated carbocycles. The van der Waals surface area contributed by atoms with Crippen LogP contribution >= 0.6 is 0 Å². The van der Waals surface area contributed by atoms with E-state index in [1.54, 1.807) is 6.26 Å². The van der Waals surface area contributed by atoms with Gasteiger partial charge < -0.3 is 9.52 Å². The van der Waals surface area contributed by atoms with E-state index in [2.05, 4.69) is 6.92 Å². The number of rotatable bonds is 4. The van der Waals surface area contributed by atoms with Gasteiger partial charge in [-0.25, -0.2) is 0 Å². The van der Waals surface area contributed by atoms with E-state index >= 15 is 0 Å². The molecule has 0 amide bonds. The zero-order valence-corrected chi connectivity index (χ0v) is 6.79. The maximum atomic E-state index is 8.88. The van der Waals surface area contributed by atoms with Crippen LogP contribution in [-0.4, -0.2) is 11.7 Å². The molecule has 0 bridgehead atoms. The minimum atomic E-state index is 0.247. The fourth-order valence-electron chi connectivity index (χ4n) is 1.05. The SMILES string of the molecule is CC[C@H](CO)Cc1ccco1. The summed E-state index contributed by atoms with van der Waals surface area (Å²) >= 11 is 0. The van der Waals surface area contributed by atoms with Crippen molar-refractivity contribution in [3.05, 3.63) is 24.2 Å². The first-order chi connectivity index (χ1) is 5.36. The maximum absolute atomic E-state index is 8.88. The smallest absolute Gasteiger partial charge is 0.104 e. The molecule has 0 radical (unpaired) electrons. The molecule has 1 heterocycles. The van der Waals surface area contributed by atoms with Crippen molar-refractivity contribution in [1.29, 1.82) is 0 Å². The van der Waals surface area contributed by atoms with Gasteiger partial charge in [-0.2, -0.15) is 0 Å². The molecule has 2 heteroatoms. The fraction of sp³-hybridized carbons (Fsp3) is 0.556. The third kappa shape index (κ3) is 2.39. The second kappa shape index (κ2) is 4.19. The summed E-state index contributed by atoms with van der Waals surface area (Å²) in [6.07, 6.45) is 3.51. The van der Waals surface area contributed by atoms with Crippen molar-refractivity contribution in [3.8, 4) is 0 Å². The molecule has 11 heavy (non-hydrogen) atoms. The van der Waals surface area contributed by atoms with Crippen molar-refractivity contribution in [2.75, 3.05) is 6.61 Å². The molecule has 1 aromatic rings. The molecule has 0 unspecified atom stereocenters. The summed E-state index contributed by atoms with van der Waals surface area (Å²) < 4.78 is 5.16. The van der Waals surface area contributed by atoms with Crippen LogP contribution in [0.25, 0.3) is 0 Å². The Bertz CT molecular complexity index is 175. The number of furan rings is 1. The van der Waals surface area contributed by atoms with Gasteiger partial charge >= 0.3 is 0 Å². The van der Waals surface area contributed by atoms with E-state index in [1.165, 1.54) is 0 Å². The first-order valence-corrected chi connectivity index (χ1v) is 4.00. The van der Waals surface area contributed by atoms with E-state index in [0.717, 1.165) is 18.6 Å². The quantitative estimate of drug-likeness (QED) is 0.717. The second-order valence-corrected chi connectivity index (χ2v) is 2.74. The lowest BCUT2D eigenvalue weighted by molar-refractivity contribution is 0.216. The zero-order valence-electron chi connectivity index (χ0n) is 6.79. The molecule has 0 spiro atoms. The number of hydrogen-bond acceptors (Lipinski definition) is 2. The molecule has 1 N–H and O–H groups in total. The lowest BCUT2D eigenvalue weighted by Crippen LogP contribution is -2.07. The predicted octanol–water partition coefficient (Wildman–Crippen LogP) is 1.84. The van der Waals surface area contributed by atoms with Gasteiger partial charge in [0.05, 0.1) is 6.26 Å². The van der Waals surface area contributed by atoms with Crippen LogP contribution in [0, 0.1) is 5.92 Å². The van der Waals surface area contributed by atoms with E-state index in [4.69, 9.17) is 9.52 Å². The molecular weight excluding hydrogens is 140 g/mol. The molecule has 1 atom stereocenters. The molecule has 0 aliphatic carbocycles. The van der Waals surface area contributed by atoms with E-state index in [0.29, 0.717) is 5.92 Å². The summed E-state index contributed by atoms with van der Waals surface area (Å²) in [6, 6.07) is 3.82. The van der Waals surface area contributed by atoms with Crippen LogP contribution in [0.5, 0.6) is 0 Å². The Morgan fingerprint density at radius 1 is 1.64 bits per heavy atom. The lowest BCUT2D eigenvalue weighted by atomic mass is 10.0. The van der Waals surface area contributed by atoms with Crippen LogP contribution < -0.4 is 0 Å². The minimum absolute atomic E-state index is 0.247. The highest BCUT2D eigenvalue weighted by molar-refractivity contribution is 4.99. The molecule has 0 aromatic carbocycles. The molecule has 0 aliphatic rings. The van der Waals surface area contributed by atoms with Gasteiger partial charge in [-0.3, -0.25) is 0 Å². The predicted molar refractivity (Wildman–Crippen MR) is 43.3 cm³/mol. The van der Waals surface area contributed by atoms with E-state index in [9.17, 15) is 0 Å². The van der Waals surface area contributed by atoms with Crippen molar-refractivity contribution >= 4 is 0 Å². The highest BCUT2D eigenvalue weighted by Crippen LogP contribution is 2.11. The number of hydrogen-bond donors (Lipinski definition) is 1. The summed E-state index contributed by atoms with van der Waals surface area (Å²) in [6.45, 7) is 2.32. The highest BCUT2D eigenvalue weighted by Gasteiger charge is 2.06. The van der Waals surface area contributed by atoms with Crippen LogP contribution in [0.15, 0.2) is 22.8 Å². The van der Waals surface area contributed by atoms with Crippen LogP contribution in [0.4, 0.5) is 0 Å². The summed E-state index contributed by atoms with van der Waals surface area (Å²) in [5.41, 5.74) is 0. The van der Waals surface area contributed by atoms with Crippen molar-refractivity contribution in [1.82, 2.24) is 0 Å². The summed E-state index contributed by atoms with van der Waals surface area (Å²) in [4.78, 5) is 0. The van der Waals surface area contributed by atoms with Crippen molar-refractivity contribution in [3.63, 3.8) is 0 Å². The number of aliphatic hydroxyl groups is 1. The average Bonchev–Trinajstić information content (AvgIpc) is 2.52. The summed E-state index contributed by atoms with van der Waals surface area (Å²) in [7, 11) is 0. The van der Waals surface area contributed by atoms with Crippen molar-refractivity contribution in [2.24, 2.45) is 5.92 Å². The van der Waals surface area contributed by atoms with Crippen LogP contribution in [0.2, 0.25) is 0 Å². The Hall–Kier alpha value is -0.760. The standard InChI is InChI=1S/C9H14O2/c1-2-8(7-10)6-9-4-3-5-11-9/h3-5,8,10H,2,6-7H2,1H3/t8-/m0/s1. The Morgan fingerprint density at radius 2 is 2.45 bits per heavy atom. The Labute approximate surface area is 66.8 Å². The van der Waals surface area contributed by atoms with E-state index in [1.807, 2.05) is 12.1 Å². The Balaban J connectivity index is 2.41. The van der Waals surface area contributed by atoms with Crippen molar-refractivity contribution < 1.29 is 9.52 Å². The van der Waals surface area contributed by atoms with Gasteiger partial charge in [0.1, 0.15) is 5.76 Å². The molecule has 0 fully saturated rings. The number of aliphatic hydroxyl groups excluding tert-OH is 1. The van der Waals surface area contributed by atoms with E-state index in [-0.39, 0.29) is 6.61 Å². The normalized spacial score (nSPS) is 13.3. The third-order valence-electron chi connectivity index (χ3n) is 1.91. The first-order valence-electron chi connectivity index (χ1n) is 4.00. The maximum Gasteiger partial charge on any atom is 0.104 e. The largest absolute Gasteiger partial charge is 0.469 e. The molecule has 2 nitrogen and oxygen atoms in total. The molecule has 62 valence electrons. The lowest BCUT2D eigenvalue weighted by Gasteiger charge is -2.07. The van der Waals surface area contributed by atoms with Gasteiger partial charge in [0.25, 0.3) is 0 Å². The van der Waals surface area contributed by atoms with Gasteiger partial charge in [0.2, 0.25) is 0 Å². The zero-order chi connectivity index (χ0) is 8.10. The van der Waals surface area contributed by atoms with Crippen LogP contribution in [0.1, 0.15) is 19.1 Å². The topological polar surface area (TPSA) is 33.4 Å². The van der Waals surface area contributed by atoms with Gasteiger partial charge in [-0.05, 0) is 18.1 Å². The van der Waals surface area contributed by atoms with Gasteiger partial charge in [0, 0.05) is 13.0 Å². The minimum Gasteiger partial charge on any atom is -0.469 e. The third-order valence-corrected chi connectivity index (χ3v) is 1.91. The summed E-state index contributed by atoms with van der Waals surface area (Å²) in [5, 5.41) is 8.88. The average molecular weight is 154 g/mol. The molecular formula is C9H14O2. The second-order valence-electron chi connectivity index (χ2n) is 2.74. The molecule has 1 rings (SSSR count). The Kier molecular flexibility index (Phi) is 3.17. The van der Waals surface area contributed by atoms with Gasteiger partial charge in [-0.15, -0.1) is 0 Å². The van der Waals surface area contributed by atoms with E-state index < -0.39 is 0 Å². The molecule has 0 aliphatic heterocycles. The van der Waals surface area contributed by atoms with Gasteiger partial charge in [-0.1, -0.05) is 13.3 Å². The van der Waals surface area contributed by atoms with Crippen LogP contribution in [0.3, 0.4) is 0 Å². The van der Waals surface area contributed by atoms with Gasteiger partial charge in [0.15, 0.2) is 0 Å². The molecule has 1 aromatic heterocycles. The monoisotopic (exact) mass is 154 g/mol. The van der Waals surface area contributed by atoms with Crippen molar-refractivity contribution in [2.45, 2.75) is 19.8 Å². The highest BCUT2D eigenvalue weighted by atomic mass is 16.3. The Morgan fingerprint density at radius 3 is 2.91 bits per heavy atom. The first kappa shape index (κ1) is 8.34. The fourth-order valence-corrected chi connectivity index (χ4v) is 1.05.